The Morgan fingerprint density at radius 1 is 0.270 bits per heavy atom. The van der Waals surface area contributed by atoms with E-state index in [1.807, 2.05) is 12.1 Å². The van der Waals surface area contributed by atoms with Gasteiger partial charge >= 0.3 is 0 Å². The van der Waals surface area contributed by atoms with Crippen molar-refractivity contribution in [2.75, 3.05) is 4.90 Å². The fourth-order valence-electron chi connectivity index (χ4n) is 9.82. The molecule has 0 unspecified atom stereocenters. The minimum absolute atomic E-state index is 0.880. The maximum atomic E-state index is 6.91. The van der Waals surface area contributed by atoms with Gasteiger partial charge in [-0.3, -0.25) is 0 Å². The van der Waals surface area contributed by atoms with Crippen LogP contribution in [0.2, 0.25) is 0 Å². The molecule has 0 saturated carbocycles. The van der Waals surface area contributed by atoms with Gasteiger partial charge in [0.25, 0.3) is 0 Å². The van der Waals surface area contributed by atoms with E-state index in [2.05, 4.69) is 217 Å². The summed E-state index contributed by atoms with van der Waals surface area (Å²) in [5.41, 5.74) is 13.4. The van der Waals surface area contributed by atoms with Gasteiger partial charge in [0.2, 0.25) is 0 Å². The molecule has 3 nitrogen and oxygen atoms in total. The monoisotopic (exact) mass is 803 g/mol. The number of fused-ring (bicyclic) bond motifs is 11. The van der Waals surface area contributed by atoms with Crippen molar-refractivity contribution >= 4 is 93.3 Å². The highest BCUT2D eigenvalue weighted by Crippen LogP contribution is 2.46. The van der Waals surface area contributed by atoms with Crippen LogP contribution in [0.25, 0.3) is 110 Å². The van der Waals surface area contributed by atoms with E-state index in [1.165, 1.54) is 27.1 Å². The van der Waals surface area contributed by atoms with Gasteiger partial charge in [-0.2, -0.15) is 0 Å². The van der Waals surface area contributed by atoms with E-state index in [0.717, 1.165) is 99.5 Å². The molecule has 0 amide bonds. The molecule has 0 saturated heterocycles. The fraction of sp³-hybridized carbons (Fsp3) is 0. The van der Waals surface area contributed by atoms with Crippen LogP contribution in [0.5, 0.6) is 0 Å². The highest BCUT2D eigenvalue weighted by molar-refractivity contribution is 6.18. The number of rotatable bonds is 6. The van der Waals surface area contributed by atoms with Crippen molar-refractivity contribution in [3.8, 4) is 33.4 Å². The topological polar surface area (TPSA) is 29.5 Å². The predicted octanol–water partition coefficient (Wildman–Crippen LogP) is 17.4. The van der Waals surface area contributed by atoms with E-state index >= 15 is 0 Å². The van der Waals surface area contributed by atoms with Gasteiger partial charge in [0.1, 0.15) is 22.3 Å². The minimum atomic E-state index is 0.880. The van der Waals surface area contributed by atoms with Crippen LogP contribution in [0, 0.1) is 0 Å². The number of furan rings is 2. The second-order valence-electron chi connectivity index (χ2n) is 16.4. The van der Waals surface area contributed by atoms with Crippen LogP contribution in [0.1, 0.15) is 0 Å². The molecule has 13 aromatic rings. The third-order valence-electron chi connectivity index (χ3n) is 12.9. The third kappa shape index (κ3) is 5.67. The highest BCUT2D eigenvalue weighted by atomic mass is 16.3. The molecule has 0 fully saturated rings. The van der Waals surface area contributed by atoms with Crippen LogP contribution in [-0.4, -0.2) is 0 Å². The lowest BCUT2D eigenvalue weighted by atomic mass is 9.97. The van der Waals surface area contributed by atoms with Gasteiger partial charge in [0, 0.05) is 55.0 Å². The summed E-state index contributed by atoms with van der Waals surface area (Å²) in [7, 11) is 0. The number of hydrogen-bond acceptors (Lipinski definition) is 3. The Balaban J connectivity index is 0.961. The zero-order chi connectivity index (χ0) is 41.4. The summed E-state index contributed by atoms with van der Waals surface area (Å²) in [6.07, 6.45) is 0. The predicted molar refractivity (Wildman–Crippen MR) is 265 cm³/mol. The molecule has 2 aromatic heterocycles. The Hall–Kier alpha value is -8.40. The van der Waals surface area contributed by atoms with E-state index < -0.39 is 0 Å². The molecule has 2 heterocycles. The summed E-state index contributed by atoms with van der Waals surface area (Å²) in [6.45, 7) is 0. The van der Waals surface area contributed by atoms with Crippen LogP contribution in [0.4, 0.5) is 17.1 Å². The molecule has 63 heavy (non-hydrogen) atoms. The largest absolute Gasteiger partial charge is 0.455 e. The van der Waals surface area contributed by atoms with Crippen LogP contribution in [0.15, 0.2) is 233 Å². The SMILES string of the molecule is c1ccc(N(c2ccc(-c3ccc4c(ccc5ccccc54)c3)cc2)c2ccc(-c3cccc4c3oc3ccccc34)cc2)c(-c2cccc3c2oc2c4ccccc4ccc32)c1. The average Bonchev–Trinajstić information content (AvgIpc) is 3.94. The quantitative estimate of drug-likeness (QED) is 0.157. The number of hydrogen-bond donors (Lipinski definition) is 0. The summed E-state index contributed by atoms with van der Waals surface area (Å²) in [5, 5.41) is 11.8. The van der Waals surface area contributed by atoms with Crippen molar-refractivity contribution in [1.29, 1.82) is 0 Å². The third-order valence-corrected chi connectivity index (χ3v) is 12.9. The molecule has 11 aromatic carbocycles. The molecular weight excluding hydrogens is 767 g/mol. The van der Waals surface area contributed by atoms with Crippen LogP contribution in [-0.2, 0) is 0 Å². The highest BCUT2D eigenvalue weighted by Gasteiger charge is 2.22. The van der Waals surface area contributed by atoms with Gasteiger partial charge in [-0.05, 0) is 92.2 Å². The van der Waals surface area contributed by atoms with Gasteiger partial charge in [-0.15, -0.1) is 0 Å². The number of anilines is 3. The molecule has 0 bridgehead atoms. The maximum Gasteiger partial charge on any atom is 0.143 e. The van der Waals surface area contributed by atoms with E-state index in [1.54, 1.807) is 0 Å². The van der Waals surface area contributed by atoms with Gasteiger partial charge in [-0.25, -0.2) is 0 Å². The van der Waals surface area contributed by atoms with E-state index in [-0.39, 0.29) is 0 Å². The Morgan fingerprint density at radius 3 is 1.59 bits per heavy atom. The maximum absolute atomic E-state index is 6.91. The molecule has 0 spiro atoms. The van der Waals surface area contributed by atoms with E-state index in [9.17, 15) is 0 Å². The molecule has 0 atom stereocenters. The average molecular weight is 804 g/mol. The smallest absolute Gasteiger partial charge is 0.143 e. The molecule has 0 N–H and O–H groups in total. The van der Waals surface area contributed by atoms with Crippen molar-refractivity contribution in [3.63, 3.8) is 0 Å². The van der Waals surface area contributed by atoms with Crippen LogP contribution in [0.3, 0.4) is 0 Å². The second kappa shape index (κ2) is 14.1. The Labute approximate surface area is 363 Å². The summed E-state index contributed by atoms with van der Waals surface area (Å²) in [5.74, 6) is 0. The lowest BCUT2D eigenvalue weighted by Crippen LogP contribution is -2.11. The lowest BCUT2D eigenvalue weighted by molar-refractivity contribution is 0.670. The zero-order valence-corrected chi connectivity index (χ0v) is 34.1. The summed E-state index contributed by atoms with van der Waals surface area (Å²) in [4.78, 5) is 2.37. The first-order valence-electron chi connectivity index (χ1n) is 21.5. The van der Waals surface area contributed by atoms with E-state index in [0.29, 0.717) is 0 Å². The van der Waals surface area contributed by atoms with Gasteiger partial charge in [-0.1, -0.05) is 176 Å². The fourth-order valence-corrected chi connectivity index (χ4v) is 9.82. The number of benzene rings is 11. The summed E-state index contributed by atoms with van der Waals surface area (Å²) in [6, 6.07) is 80.4. The van der Waals surface area contributed by atoms with Gasteiger partial charge in [0.05, 0.1) is 5.69 Å². The standard InChI is InChI=1S/C60H37NO2/c1-3-13-46-39(11-1)23-24-43-37-42(30-35-47(43)46)38-25-31-44(32-26-38)61(45-33-27-41(28-34-45)49-17-9-19-53-51-16-6-8-22-57(51)62-58(49)53)56-21-7-5-15-50(56)52-18-10-20-54-55-36-29-40-12-2-4-14-48(40)59(55)63-60(52)54/h1-37H. The molecule has 294 valence electrons. The normalized spacial score (nSPS) is 11.8. The Bertz CT molecular complexity index is 3910. The first kappa shape index (κ1) is 35.4. The molecule has 0 radical (unpaired) electrons. The minimum Gasteiger partial charge on any atom is -0.455 e. The molecule has 0 aliphatic heterocycles. The van der Waals surface area contributed by atoms with Crippen molar-refractivity contribution < 1.29 is 8.83 Å². The van der Waals surface area contributed by atoms with E-state index in [4.69, 9.17) is 8.83 Å². The molecular formula is C60H37NO2. The summed E-state index contributed by atoms with van der Waals surface area (Å²) < 4.78 is 13.4. The van der Waals surface area contributed by atoms with Crippen molar-refractivity contribution in [3.05, 3.63) is 224 Å². The Kier molecular flexibility index (Phi) is 7.91. The van der Waals surface area contributed by atoms with Gasteiger partial charge in [0.15, 0.2) is 0 Å². The lowest BCUT2D eigenvalue weighted by Gasteiger charge is -2.28. The number of para-hydroxylation sites is 4. The first-order valence-corrected chi connectivity index (χ1v) is 21.5. The molecule has 13 rings (SSSR count). The zero-order valence-electron chi connectivity index (χ0n) is 34.1. The second-order valence-corrected chi connectivity index (χ2v) is 16.4. The number of nitrogens with zero attached hydrogens (tertiary/aromatic N) is 1. The molecule has 3 heteroatoms. The molecule has 0 aliphatic carbocycles. The first-order chi connectivity index (χ1) is 31.2. The summed E-state index contributed by atoms with van der Waals surface area (Å²) >= 11 is 0. The van der Waals surface area contributed by atoms with Crippen LogP contribution >= 0.6 is 0 Å². The van der Waals surface area contributed by atoms with Gasteiger partial charge < -0.3 is 13.7 Å². The Morgan fingerprint density at radius 2 is 0.778 bits per heavy atom. The van der Waals surface area contributed by atoms with Crippen LogP contribution < -0.4 is 4.90 Å². The molecule has 0 aliphatic rings. The van der Waals surface area contributed by atoms with Crippen molar-refractivity contribution in [1.82, 2.24) is 0 Å². The van der Waals surface area contributed by atoms with Crippen molar-refractivity contribution in [2.45, 2.75) is 0 Å². The van der Waals surface area contributed by atoms with Crippen molar-refractivity contribution in [2.24, 2.45) is 0 Å².